The fourth-order valence-corrected chi connectivity index (χ4v) is 1.61. The Balaban J connectivity index is 2.45. The van der Waals surface area contributed by atoms with Gasteiger partial charge in [0.05, 0.1) is 24.6 Å². The average Bonchev–Trinajstić information content (AvgIpc) is 2.33. The molecule has 0 aliphatic carbocycles. The van der Waals surface area contributed by atoms with Gasteiger partial charge in [0, 0.05) is 6.07 Å². The summed E-state index contributed by atoms with van der Waals surface area (Å²) in [5.41, 5.74) is -1.58. The minimum absolute atomic E-state index is 0.125. The van der Waals surface area contributed by atoms with Crippen LogP contribution in [0, 0.1) is 0 Å². The maximum atomic E-state index is 12.8. The zero-order valence-corrected chi connectivity index (χ0v) is 10.1. The van der Waals surface area contributed by atoms with E-state index < -0.39 is 17.4 Å². The third-order valence-corrected chi connectivity index (χ3v) is 2.53. The molecular weight excluding hydrogens is 283 g/mol. The van der Waals surface area contributed by atoms with Gasteiger partial charge in [-0.2, -0.15) is 13.2 Å². The van der Waals surface area contributed by atoms with Crippen LogP contribution in [-0.4, -0.2) is 14.5 Å². The van der Waals surface area contributed by atoms with Crippen LogP contribution in [0.3, 0.4) is 0 Å². The van der Waals surface area contributed by atoms with Crippen molar-refractivity contribution in [1.82, 2.24) is 14.5 Å². The van der Waals surface area contributed by atoms with Gasteiger partial charge in [-0.3, -0.25) is 14.3 Å². The number of rotatable bonds is 2. The van der Waals surface area contributed by atoms with Crippen molar-refractivity contribution in [2.45, 2.75) is 12.7 Å². The molecule has 0 aromatic carbocycles. The van der Waals surface area contributed by atoms with Crippen LogP contribution in [0.25, 0.3) is 0 Å². The lowest BCUT2D eigenvalue weighted by Crippen LogP contribution is -2.27. The van der Waals surface area contributed by atoms with Crippen molar-refractivity contribution in [3.8, 4) is 0 Å². The van der Waals surface area contributed by atoms with Crippen LogP contribution in [0.15, 0.2) is 35.4 Å². The molecule has 0 amide bonds. The van der Waals surface area contributed by atoms with Gasteiger partial charge in [-0.25, -0.2) is 4.98 Å². The lowest BCUT2D eigenvalue weighted by molar-refractivity contribution is -0.144. The summed E-state index contributed by atoms with van der Waals surface area (Å²) in [5, 5.41) is 0.125. The van der Waals surface area contributed by atoms with Crippen molar-refractivity contribution in [3.05, 3.63) is 57.5 Å². The molecule has 2 rings (SSSR count). The Bertz CT molecular complexity index is 637. The summed E-state index contributed by atoms with van der Waals surface area (Å²) < 4.78 is 38.9. The first-order valence-corrected chi connectivity index (χ1v) is 5.49. The van der Waals surface area contributed by atoms with Gasteiger partial charge in [0.2, 0.25) is 0 Å². The van der Waals surface area contributed by atoms with E-state index in [1.165, 1.54) is 12.4 Å². The first-order valence-electron chi connectivity index (χ1n) is 5.11. The zero-order chi connectivity index (χ0) is 14.0. The van der Waals surface area contributed by atoms with E-state index in [1.54, 1.807) is 0 Å². The van der Waals surface area contributed by atoms with E-state index in [-0.39, 0.29) is 17.4 Å². The van der Waals surface area contributed by atoms with Crippen molar-refractivity contribution in [2.24, 2.45) is 0 Å². The van der Waals surface area contributed by atoms with Crippen molar-refractivity contribution >= 4 is 11.6 Å². The number of alkyl halides is 3. The van der Waals surface area contributed by atoms with Crippen molar-refractivity contribution in [2.75, 3.05) is 0 Å². The van der Waals surface area contributed by atoms with Crippen molar-refractivity contribution < 1.29 is 13.2 Å². The molecule has 0 bridgehead atoms. The molecule has 0 saturated heterocycles. The smallest absolute Gasteiger partial charge is 0.298 e. The minimum Gasteiger partial charge on any atom is -0.298 e. The quantitative estimate of drug-likeness (QED) is 0.853. The molecule has 0 atom stereocenters. The van der Waals surface area contributed by atoms with Gasteiger partial charge in [0.15, 0.2) is 0 Å². The number of nitrogens with zero attached hydrogens (tertiary/aromatic N) is 3. The van der Waals surface area contributed by atoms with E-state index in [0.29, 0.717) is 4.57 Å². The summed E-state index contributed by atoms with van der Waals surface area (Å²) in [6.45, 7) is -0.321. The van der Waals surface area contributed by atoms with Gasteiger partial charge >= 0.3 is 6.18 Å². The van der Waals surface area contributed by atoms with Gasteiger partial charge in [-0.1, -0.05) is 17.7 Å². The fraction of sp³-hybridized carbons (Fsp3) is 0.182. The molecule has 4 nitrogen and oxygen atoms in total. The Hall–Kier alpha value is -1.89. The monoisotopic (exact) mass is 289 g/mol. The summed E-state index contributed by atoms with van der Waals surface area (Å²) in [5.74, 6) is 0. The molecule has 19 heavy (non-hydrogen) atoms. The highest BCUT2D eigenvalue weighted by Crippen LogP contribution is 2.28. The normalized spacial score (nSPS) is 11.6. The van der Waals surface area contributed by atoms with Crippen LogP contribution in [0.1, 0.15) is 11.4 Å². The Morgan fingerprint density at radius 2 is 1.95 bits per heavy atom. The van der Waals surface area contributed by atoms with Crippen molar-refractivity contribution in [1.29, 1.82) is 0 Å². The number of hydrogen-bond acceptors (Lipinski definition) is 3. The molecule has 2 aromatic rings. The Labute approximate surface area is 110 Å². The molecule has 0 aliphatic heterocycles. The lowest BCUT2D eigenvalue weighted by atomic mass is 10.3. The van der Waals surface area contributed by atoms with Gasteiger partial charge in [0.25, 0.3) is 5.56 Å². The van der Waals surface area contributed by atoms with E-state index in [4.69, 9.17) is 11.6 Å². The highest BCUT2D eigenvalue weighted by atomic mass is 35.5. The second-order valence-electron chi connectivity index (χ2n) is 3.66. The Morgan fingerprint density at radius 3 is 2.53 bits per heavy atom. The first kappa shape index (κ1) is 13.5. The van der Waals surface area contributed by atoms with Crippen molar-refractivity contribution in [3.63, 3.8) is 0 Å². The predicted octanol–water partition coefficient (Wildman–Crippen LogP) is 2.36. The molecule has 0 N–H and O–H groups in total. The number of pyridine rings is 1. The van der Waals surface area contributed by atoms with Crippen LogP contribution >= 0.6 is 11.6 Å². The minimum atomic E-state index is -4.61. The van der Waals surface area contributed by atoms with Gasteiger partial charge < -0.3 is 0 Å². The third kappa shape index (κ3) is 3.11. The lowest BCUT2D eigenvalue weighted by Gasteiger charge is -2.14. The van der Waals surface area contributed by atoms with E-state index in [0.717, 1.165) is 18.2 Å². The molecule has 2 heterocycles. The van der Waals surface area contributed by atoms with Crippen LogP contribution in [0.4, 0.5) is 13.2 Å². The van der Waals surface area contributed by atoms with E-state index in [9.17, 15) is 18.0 Å². The Kier molecular flexibility index (Phi) is 3.57. The number of halogens is 4. The molecule has 0 unspecified atom stereocenters. The molecular formula is C11H7ClF3N3O. The largest absolute Gasteiger partial charge is 0.431 e. The van der Waals surface area contributed by atoms with E-state index in [1.807, 2.05) is 0 Å². The first-order chi connectivity index (χ1) is 8.88. The topological polar surface area (TPSA) is 47.8 Å². The predicted molar refractivity (Wildman–Crippen MR) is 61.8 cm³/mol. The highest BCUT2D eigenvalue weighted by molar-refractivity contribution is 6.29. The highest BCUT2D eigenvalue weighted by Gasteiger charge is 2.34. The van der Waals surface area contributed by atoms with Crippen LogP contribution in [0.5, 0.6) is 0 Å². The summed E-state index contributed by atoms with van der Waals surface area (Å²) >= 11 is 5.53. The molecule has 8 heteroatoms. The van der Waals surface area contributed by atoms with Gasteiger partial charge in [0.1, 0.15) is 10.8 Å². The summed E-state index contributed by atoms with van der Waals surface area (Å²) in [6.07, 6.45) is -2.18. The number of aromatic nitrogens is 3. The summed E-state index contributed by atoms with van der Waals surface area (Å²) in [6, 6.07) is 2.96. The van der Waals surface area contributed by atoms with E-state index >= 15 is 0 Å². The van der Waals surface area contributed by atoms with Crippen LogP contribution < -0.4 is 5.56 Å². The molecule has 0 fully saturated rings. The third-order valence-electron chi connectivity index (χ3n) is 2.33. The molecule has 0 spiro atoms. The maximum absolute atomic E-state index is 12.8. The Morgan fingerprint density at radius 1 is 1.21 bits per heavy atom. The maximum Gasteiger partial charge on any atom is 0.431 e. The molecule has 0 saturated carbocycles. The summed E-state index contributed by atoms with van der Waals surface area (Å²) in [4.78, 5) is 19.1. The van der Waals surface area contributed by atoms with Crippen LogP contribution in [0.2, 0.25) is 5.15 Å². The van der Waals surface area contributed by atoms with E-state index in [2.05, 4.69) is 9.97 Å². The molecule has 100 valence electrons. The second-order valence-corrected chi connectivity index (χ2v) is 4.05. The molecule has 0 radical (unpaired) electrons. The van der Waals surface area contributed by atoms with Crippen LogP contribution in [-0.2, 0) is 12.7 Å². The summed E-state index contributed by atoms with van der Waals surface area (Å²) in [7, 11) is 0. The average molecular weight is 290 g/mol. The zero-order valence-electron chi connectivity index (χ0n) is 9.36. The van der Waals surface area contributed by atoms with Gasteiger partial charge in [-0.15, -0.1) is 0 Å². The molecule has 2 aromatic heterocycles. The standard InChI is InChI=1S/C11H7ClF3N3O/c12-9-5-16-7(4-17-9)6-18-8(11(13,14)15)2-1-3-10(18)19/h1-5H,6H2. The second kappa shape index (κ2) is 5.00. The fourth-order valence-electron chi connectivity index (χ4n) is 1.51. The number of hydrogen-bond donors (Lipinski definition) is 0. The van der Waals surface area contributed by atoms with Gasteiger partial charge in [-0.05, 0) is 6.07 Å². The molecule has 0 aliphatic rings. The SMILES string of the molecule is O=c1cccc(C(F)(F)F)n1Cc1cnc(Cl)cn1.